The van der Waals surface area contributed by atoms with E-state index >= 15 is 0 Å². The minimum Gasteiger partial charge on any atom is -0.334 e. The summed E-state index contributed by atoms with van der Waals surface area (Å²) in [4.78, 5) is 8.71. The number of nitrogens with zero attached hydrogens (tertiary/aromatic N) is 4. The molecule has 0 N–H and O–H groups in total. The van der Waals surface area contributed by atoms with Crippen LogP contribution in [-0.2, 0) is 6.42 Å². The molecule has 0 saturated heterocycles. The van der Waals surface area contributed by atoms with E-state index in [0.717, 1.165) is 24.0 Å². The zero-order valence-electron chi connectivity index (χ0n) is 12.9. The molecule has 0 fully saturated rings. The fraction of sp³-hybridized carbons (Fsp3) is 0.158. The van der Waals surface area contributed by atoms with Crippen LogP contribution in [0.5, 0.6) is 0 Å². The summed E-state index contributed by atoms with van der Waals surface area (Å²) in [7, 11) is 0. The lowest BCUT2D eigenvalue weighted by molar-refractivity contribution is 0.432. The molecule has 1 aliphatic carbocycles. The van der Waals surface area contributed by atoms with E-state index in [1.807, 2.05) is 18.2 Å². The van der Waals surface area contributed by atoms with Crippen LogP contribution < -0.4 is 0 Å². The van der Waals surface area contributed by atoms with E-state index in [9.17, 15) is 0 Å². The summed E-state index contributed by atoms with van der Waals surface area (Å²) in [6.45, 7) is 3.68. The molecule has 0 unspecified atom stereocenters. The molecule has 24 heavy (non-hydrogen) atoms. The van der Waals surface area contributed by atoms with Gasteiger partial charge in [0.1, 0.15) is 0 Å². The molecular formula is C19H14N4O. The summed E-state index contributed by atoms with van der Waals surface area (Å²) < 4.78 is 5.41. The van der Waals surface area contributed by atoms with Crippen LogP contribution in [0.2, 0.25) is 0 Å². The van der Waals surface area contributed by atoms with Crippen LogP contribution in [0.4, 0.5) is 0 Å². The monoisotopic (exact) mass is 314 g/mol. The number of benzene rings is 2. The lowest BCUT2D eigenvalue weighted by Gasteiger charge is -2.06. The van der Waals surface area contributed by atoms with Crippen molar-refractivity contribution in [3.63, 3.8) is 0 Å². The van der Waals surface area contributed by atoms with Crippen molar-refractivity contribution < 1.29 is 4.52 Å². The molecule has 0 radical (unpaired) electrons. The summed E-state index contributed by atoms with van der Waals surface area (Å²) in [6, 6.07) is 15.5. The molecule has 5 nitrogen and oxygen atoms in total. The van der Waals surface area contributed by atoms with Crippen molar-refractivity contribution in [2.45, 2.75) is 18.9 Å². The standard InChI is InChI=1S/C19H14N4O/c1-21-17-9-8-14-15(17)6-3-7-16(14)18-22-19(24-23-18)13-5-2-4-12(10-13)11-20/h2-7,10,17H,1,8-9H2/t17-/m1/s1. The minimum absolute atomic E-state index is 0.152. The van der Waals surface area contributed by atoms with Crippen LogP contribution in [0.15, 0.2) is 52.0 Å². The van der Waals surface area contributed by atoms with Gasteiger partial charge >= 0.3 is 0 Å². The normalized spacial score (nSPS) is 15.7. The van der Waals surface area contributed by atoms with Crippen molar-refractivity contribution in [2.75, 3.05) is 0 Å². The Bertz CT molecular complexity index is 967. The predicted molar refractivity (Wildman–Crippen MR) is 90.5 cm³/mol. The van der Waals surface area contributed by atoms with Crippen LogP contribution in [0.25, 0.3) is 22.8 Å². The molecule has 4 rings (SSSR count). The smallest absolute Gasteiger partial charge is 0.258 e. The van der Waals surface area contributed by atoms with Gasteiger partial charge in [0, 0.05) is 11.1 Å². The SMILES string of the molecule is C=N[C@@H]1CCc2c(-c3noc(-c4cccc(C#N)c4)n3)cccc21. The summed E-state index contributed by atoms with van der Waals surface area (Å²) in [5.41, 5.74) is 4.69. The predicted octanol–water partition coefficient (Wildman–Crippen LogP) is 3.96. The lowest BCUT2D eigenvalue weighted by Crippen LogP contribution is -1.92. The van der Waals surface area contributed by atoms with E-state index in [1.165, 1.54) is 11.1 Å². The van der Waals surface area contributed by atoms with Crippen molar-refractivity contribution in [2.24, 2.45) is 4.99 Å². The highest BCUT2D eigenvalue weighted by Crippen LogP contribution is 2.38. The molecule has 0 bridgehead atoms. The van der Waals surface area contributed by atoms with Gasteiger partial charge in [0.2, 0.25) is 5.82 Å². The van der Waals surface area contributed by atoms with Gasteiger partial charge in [-0.15, -0.1) is 0 Å². The average Bonchev–Trinajstić information content (AvgIpc) is 3.28. The third-order valence-electron chi connectivity index (χ3n) is 4.36. The summed E-state index contributed by atoms with van der Waals surface area (Å²) in [5, 5.41) is 13.1. The Morgan fingerprint density at radius 1 is 1.25 bits per heavy atom. The molecule has 0 aliphatic heterocycles. The molecule has 1 heterocycles. The number of nitriles is 1. The topological polar surface area (TPSA) is 75.1 Å². The van der Waals surface area contributed by atoms with Crippen molar-refractivity contribution >= 4 is 6.72 Å². The Kier molecular flexibility index (Phi) is 3.43. The number of fused-ring (bicyclic) bond motifs is 1. The van der Waals surface area contributed by atoms with E-state index in [4.69, 9.17) is 9.78 Å². The molecule has 0 saturated carbocycles. The molecule has 0 spiro atoms. The minimum atomic E-state index is 0.152. The quantitative estimate of drug-likeness (QED) is 0.686. The van der Waals surface area contributed by atoms with E-state index in [2.05, 4.69) is 34.0 Å². The maximum Gasteiger partial charge on any atom is 0.258 e. The van der Waals surface area contributed by atoms with Gasteiger partial charge < -0.3 is 4.52 Å². The van der Waals surface area contributed by atoms with Gasteiger partial charge in [-0.3, -0.25) is 4.99 Å². The highest BCUT2D eigenvalue weighted by atomic mass is 16.5. The molecule has 1 aromatic heterocycles. The first-order valence-corrected chi connectivity index (χ1v) is 7.72. The Balaban J connectivity index is 1.75. The van der Waals surface area contributed by atoms with Crippen LogP contribution in [0.1, 0.15) is 29.2 Å². The molecule has 2 aromatic carbocycles. The molecule has 0 amide bonds. The van der Waals surface area contributed by atoms with E-state index < -0.39 is 0 Å². The third-order valence-corrected chi connectivity index (χ3v) is 4.36. The number of aromatic nitrogens is 2. The van der Waals surface area contributed by atoms with Crippen molar-refractivity contribution in [3.8, 4) is 28.9 Å². The molecular weight excluding hydrogens is 300 g/mol. The fourth-order valence-electron chi connectivity index (χ4n) is 3.20. The van der Waals surface area contributed by atoms with E-state index in [0.29, 0.717) is 17.3 Å². The summed E-state index contributed by atoms with van der Waals surface area (Å²) >= 11 is 0. The Hall–Kier alpha value is -3.26. The highest BCUT2D eigenvalue weighted by Gasteiger charge is 2.25. The molecule has 5 heteroatoms. The van der Waals surface area contributed by atoms with Crippen LogP contribution >= 0.6 is 0 Å². The fourth-order valence-corrected chi connectivity index (χ4v) is 3.20. The second-order valence-corrected chi connectivity index (χ2v) is 5.73. The van der Waals surface area contributed by atoms with Gasteiger partial charge in [-0.2, -0.15) is 10.2 Å². The van der Waals surface area contributed by atoms with Gasteiger partial charge in [0.05, 0.1) is 17.7 Å². The maximum atomic E-state index is 9.02. The number of aliphatic imine (C=N–C) groups is 1. The lowest BCUT2D eigenvalue weighted by atomic mass is 10.0. The Morgan fingerprint density at radius 2 is 2.12 bits per heavy atom. The number of hydrogen-bond donors (Lipinski definition) is 0. The first-order valence-electron chi connectivity index (χ1n) is 7.72. The molecule has 116 valence electrons. The summed E-state index contributed by atoms with van der Waals surface area (Å²) in [6.07, 6.45) is 1.90. The number of hydrogen-bond acceptors (Lipinski definition) is 5. The zero-order valence-corrected chi connectivity index (χ0v) is 12.9. The molecule has 1 atom stereocenters. The number of rotatable bonds is 3. The molecule has 3 aromatic rings. The first kappa shape index (κ1) is 14.3. The second kappa shape index (κ2) is 5.74. The Labute approximate surface area is 139 Å². The highest BCUT2D eigenvalue weighted by molar-refractivity contribution is 5.66. The van der Waals surface area contributed by atoms with E-state index in [1.54, 1.807) is 18.2 Å². The van der Waals surface area contributed by atoms with Crippen molar-refractivity contribution in [1.29, 1.82) is 5.26 Å². The van der Waals surface area contributed by atoms with Crippen LogP contribution in [0, 0.1) is 11.3 Å². The van der Waals surface area contributed by atoms with Gasteiger partial charge in [0.15, 0.2) is 0 Å². The molecule has 1 aliphatic rings. The largest absolute Gasteiger partial charge is 0.334 e. The van der Waals surface area contributed by atoms with Crippen LogP contribution in [0.3, 0.4) is 0 Å². The van der Waals surface area contributed by atoms with Crippen LogP contribution in [-0.4, -0.2) is 16.9 Å². The Morgan fingerprint density at radius 3 is 2.96 bits per heavy atom. The average molecular weight is 314 g/mol. The van der Waals surface area contributed by atoms with Crippen molar-refractivity contribution in [1.82, 2.24) is 10.1 Å². The van der Waals surface area contributed by atoms with Gasteiger partial charge in [-0.1, -0.05) is 29.4 Å². The third kappa shape index (κ3) is 2.29. The maximum absolute atomic E-state index is 9.02. The van der Waals surface area contributed by atoms with Gasteiger partial charge in [-0.25, -0.2) is 0 Å². The van der Waals surface area contributed by atoms with Gasteiger partial charge in [-0.05, 0) is 48.9 Å². The van der Waals surface area contributed by atoms with Gasteiger partial charge in [0.25, 0.3) is 5.89 Å². The first-order chi connectivity index (χ1) is 11.8. The summed E-state index contributed by atoms with van der Waals surface area (Å²) in [5.74, 6) is 0.977. The van der Waals surface area contributed by atoms with E-state index in [-0.39, 0.29) is 6.04 Å². The zero-order chi connectivity index (χ0) is 16.5. The second-order valence-electron chi connectivity index (χ2n) is 5.73. The van der Waals surface area contributed by atoms with Crippen molar-refractivity contribution in [3.05, 3.63) is 59.2 Å².